The molecule has 0 saturated carbocycles. The summed E-state index contributed by atoms with van der Waals surface area (Å²) in [7, 11) is 0. The lowest BCUT2D eigenvalue weighted by Crippen LogP contribution is -1.94. The van der Waals surface area contributed by atoms with E-state index in [1.807, 2.05) is 13.0 Å². The van der Waals surface area contributed by atoms with Crippen LogP contribution in [0.15, 0.2) is 12.7 Å². The normalized spacial score (nSPS) is 10.9. The van der Waals surface area contributed by atoms with Crippen LogP contribution in [0.2, 0.25) is 0 Å². The van der Waals surface area contributed by atoms with Crippen LogP contribution in [0.3, 0.4) is 0 Å². The molecule has 0 rings (SSSR count). The first-order valence-electron chi connectivity index (χ1n) is 15.6. The van der Waals surface area contributed by atoms with Gasteiger partial charge in [0.05, 0.1) is 0 Å². The minimum Gasteiger partial charge on any atom is -0.303 e. The Labute approximate surface area is 226 Å². The Balaban J connectivity index is -0.000000454. The molecule has 3 nitrogen and oxygen atoms in total. The van der Waals surface area contributed by atoms with E-state index in [1.165, 1.54) is 116 Å². The zero-order valence-electron chi connectivity index (χ0n) is 24.8. The number of allylic oxidation sites excluding steroid dienone is 1. The van der Waals surface area contributed by atoms with E-state index in [2.05, 4.69) is 20.4 Å². The fourth-order valence-electron chi connectivity index (χ4n) is 3.90. The van der Waals surface area contributed by atoms with E-state index in [0.717, 1.165) is 57.4 Å². The molecule has 1 atom stereocenters. The van der Waals surface area contributed by atoms with Crippen LogP contribution >= 0.6 is 0 Å². The van der Waals surface area contributed by atoms with Crippen molar-refractivity contribution in [3.8, 4) is 0 Å². The van der Waals surface area contributed by atoms with Crippen molar-refractivity contribution in [1.29, 1.82) is 0 Å². The summed E-state index contributed by atoms with van der Waals surface area (Å²) >= 11 is 0. The summed E-state index contributed by atoms with van der Waals surface area (Å²) in [5, 5.41) is 0. The predicted molar refractivity (Wildman–Crippen MR) is 160 cm³/mol. The van der Waals surface area contributed by atoms with E-state index in [-0.39, 0.29) is 5.92 Å². The summed E-state index contributed by atoms with van der Waals surface area (Å²) in [4.78, 5) is 30.2. The molecule has 0 heterocycles. The van der Waals surface area contributed by atoms with E-state index in [1.54, 1.807) is 0 Å². The maximum absolute atomic E-state index is 10.3. The second-order valence-corrected chi connectivity index (χ2v) is 10.3. The Hall–Kier alpha value is -1.25. The second kappa shape index (κ2) is 40.9. The second-order valence-electron chi connectivity index (χ2n) is 10.3. The van der Waals surface area contributed by atoms with E-state index in [9.17, 15) is 14.4 Å². The Bertz CT molecular complexity index is 405. The molecule has 0 aromatic carbocycles. The first-order valence-corrected chi connectivity index (χ1v) is 15.6. The molecule has 0 aliphatic heterocycles. The average molecular weight is 509 g/mol. The molecule has 0 aromatic rings. The van der Waals surface area contributed by atoms with Crippen LogP contribution in [0, 0.1) is 5.92 Å². The van der Waals surface area contributed by atoms with Gasteiger partial charge in [0, 0.05) is 18.8 Å². The molecule has 36 heavy (non-hydrogen) atoms. The van der Waals surface area contributed by atoms with E-state index in [0.29, 0.717) is 0 Å². The number of hydrogen-bond acceptors (Lipinski definition) is 3. The van der Waals surface area contributed by atoms with E-state index in [4.69, 9.17) is 0 Å². The molecule has 0 saturated heterocycles. The monoisotopic (exact) mass is 508 g/mol. The SMILES string of the molecule is C=CCCCCCCCCC=O.CCCCCCCCC(C)C=O.CCCCCCCCCCC=O. The maximum Gasteiger partial charge on any atom is 0.122 e. The summed E-state index contributed by atoms with van der Waals surface area (Å²) in [5.41, 5.74) is 0. The third-order valence-corrected chi connectivity index (χ3v) is 6.40. The van der Waals surface area contributed by atoms with E-state index >= 15 is 0 Å². The minimum absolute atomic E-state index is 0.274. The molecule has 0 fully saturated rings. The van der Waals surface area contributed by atoms with Crippen LogP contribution in [-0.2, 0) is 14.4 Å². The van der Waals surface area contributed by atoms with Gasteiger partial charge in [-0.3, -0.25) is 0 Å². The molecule has 214 valence electrons. The standard InChI is InChI=1S/2C11H22O.C11H20O/c1-3-4-5-6-7-8-9-11(2)10-12;2*1-2-3-4-5-6-7-8-9-10-11-12/h10-11H,3-9H2,1-2H3;11H,2-10H2,1H3;2,11H,1,3-10H2. The quantitative estimate of drug-likeness (QED) is 0.0663. The summed E-state index contributed by atoms with van der Waals surface area (Å²) in [6.45, 7) is 10.1. The number of carbonyl (C=O) groups is 3. The maximum atomic E-state index is 10.3. The van der Waals surface area contributed by atoms with Gasteiger partial charge in [0.15, 0.2) is 0 Å². The van der Waals surface area contributed by atoms with Crippen LogP contribution in [0.1, 0.15) is 175 Å². The molecular formula is C33H64O3. The lowest BCUT2D eigenvalue weighted by Gasteiger charge is -2.02. The van der Waals surface area contributed by atoms with E-state index < -0.39 is 0 Å². The van der Waals surface area contributed by atoms with Crippen LogP contribution < -0.4 is 0 Å². The molecule has 0 N–H and O–H groups in total. The number of unbranched alkanes of at least 4 members (excludes halogenated alkanes) is 20. The molecular weight excluding hydrogens is 444 g/mol. The highest BCUT2D eigenvalue weighted by molar-refractivity contribution is 5.52. The highest BCUT2D eigenvalue weighted by Gasteiger charge is 1.98. The molecule has 3 heteroatoms. The van der Waals surface area contributed by atoms with Gasteiger partial charge in [-0.1, -0.05) is 136 Å². The third kappa shape index (κ3) is 46.1. The van der Waals surface area contributed by atoms with Gasteiger partial charge in [0.25, 0.3) is 0 Å². The Morgan fingerprint density at radius 3 is 1.17 bits per heavy atom. The van der Waals surface area contributed by atoms with Gasteiger partial charge < -0.3 is 14.4 Å². The summed E-state index contributed by atoms with van der Waals surface area (Å²) in [6.07, 6.45) is 34.7. The number of aldehydes is 3. The lowest BCUT2D eigenvalue weighted by atomic mass is 10.0. The topological polar surface area (TPSA) is 51.2 Å². The van der Waals surface area contributed by atoms with Crippen LogP contribution in [0.5, 0.6) is 0 Å². The Kier molecular flexibility index (Phi) is 44.6. The van der Waals surface area contributed by atoms with Gasteiger partial charge >= 0.3 is 0 Å². The smallest absolute Gasteiger partial charge is 0.122 e. The summed E-state index contributed by atoms with van der Waals surface area (Å²) in [6, 6.07) is 0. The number of hydrogen-bond donors (Lipinski definition) is 0. The fourth-order valence-corrected chi connectivity index (χ4v) is 3.90. The van der Waals surface area contributed by atoms with Crippen molar-refractivity contribution in [3.05, 3.63) is 12.7 Å². The first-order chi connectivity index (χ1) is 17.6. The van der Waals surface area contributed by atoms with Gasteiger partial charge in [-0.05, 0) is 32.1 Å². The number of rotatable bonds is 26. The Morgan fingerprint density at radius 1 is 0.500 bits per heavy atom. The molecule has 0 spiro atoms. The largest absolute Gasteiger partial charge is 0.303 e. The average Bonchev–Trinajstić information content (AvgIpc) is 2.90. The molecule has 0 radical (unpaired) electrons. The summed E-state index contributed by atoms with van der Waals surface area (Å²) < 4.78 is 0. The highest BCUT2D eigenvalue weighted by Crippen LogP contribution is 2.11. The Morgan fingerprint density at radius 2 is 0.833 bits per heavy atom. The zero-order chi connectivity index (χ0) is 27.4. The zero-order valence-corrected chi connectivity index (χ0v) is 24.8. The van der Waals surface area contributed by atoms with Crippen LogP contribution in [-0.4, -0.2) is 18.9 Å². The van der Waals surface area contributed by atoms with Gasteiger partial charge in [0.2, 0.25) is 0 Å². The molecule has 0 aliphatic carbocycles. The van der Waals surface area contributed by atoms with Crippen molar-refractivity contribution < 1.29 is 14.4 Å². The molecule has 1 unspecified atom stereocenters. The van der Waals surface area contributed by atoms with Crippen molar-refractivity contribution in [2.75, 3.05) is 0 Å². The third-order valence-electron chi connectivity index (χ3n) is 6.40. The number of carbonyl (C=O) groups excluding carboxylic acids is 3. The summed E-state index contributed by atoms with van der Waals surface area (Å²) in [5.74, 6) is 0.274. The van der Waals surface area contributed by atoms with Gasteiger partial charge in [0.1, 0.15) is 18.9 Å². The van der Waals surface area contributed by atoms with Crippen molar-refractivity contribution in [2.24, 2.45) is 5.92 Å². The van der Waals surface area contributed by atoms with Crippen molar-refractivity contribution in [3.63, 3.8) is 0 Å². The van der Waals surface area contributed by atoms with Crippen molar-refractivity contribution in [2.45, 2.75) is 175 Å². The van der Waals surface area contributed by atoms with Crippen LogP contribution in [0.25, 0.3) is 0 Å². The minimum atomic E-state index is 0.274. The molecule has 0 aromatic heterocycles. The lowest BCUT2D eigenvalue weighted by molar-refractivity contribution is -0.111. The van der Waals surface area contributed by atoms with Gasteiger partial charge in [-0.2, -0.15) is 0 Å². The van der Waals surface area contributed by atoms with Crippen LogP contribution in [0.4, 0.5) is 0 Å². The molecule has 0 aliphatic rings. The van der Waals surface area contributed by atoms with Crippen molar-refractivity contribution in [1.82, 2.24) is 0 Å². The highest BCUT2D eigenvalue weighted by atomic mass is 16.1. The van der Waals surface area contributed by atoms with Gasteiger partial charge in [-0.15, -0.1) is 6.58 Å². The fraction of sp³-hybridized carbons (Fsp3) is 0.848. The predicted octanol–water partition coefficient (Wildman–Crippen LogP) is 10.8. The first kappa shape index (κ1) is 39.3. The molecule has 0 bridgehead atoms. The van der Waals surface area contributed by atoms with Crippen molar-refractivity contribution >= 4 is 18.9 Å². The molecule has 0 amide bonds. The van der Waals surface area contributed by atoms with Gasteiger partial charge in [-0.25, -0.2) is 0 Å².